The lowest BCUT2D eigenvalue weighted by atomic mass is 9.94. The largest absolute Gasteiger partial charge is 0.481 e. The Bertz CT molecular complexity index is 379. The smallest absolute Gasteiger partial charge is 0.406 e. The molecule has 19 heavy (non-hydrogen) atoms. The quantitative estimate of drug-likeness (QED) is 0.856. The van der Waals surface area contributed by atoms with Gasteiger partial charge in [-0.2, -0.15) is 13.2 Å². The Labute approximate surface area is 108 Å². The first-order chi connectivity index (χ1) is 8.79. The predicted octanol–water partition coefficient (Wildman–Crippen LogP) is 2.04. The summed E-state index contributed by atoms with van der Waals surface area (Å²) in [7, 11) is 0. The van der Waals surface area contributed by atoms with Gasteiger partial charge >= 0.3 is 12.1 Å². The molecule has 0 aromatic rings. The second-order valence-electron chi connectivity index (χ2n) is 5.29. The van der Waals surface area contributed by atoms with E-state index >= 15 is 0 Å². The molecule has 2 rings (SSSR count). The van der Waals surface area contributed by atoms with Crippen molar-refractivity contribution in [3.63, 3.8) is 0 Å². The highest BCUT2D eigenvalue weighted by Crippen LogP contribution is 2.37. The zero-order chi connectivity index (χ0) is 14.2. The van der Waals surface area contributed by atoms with Gasteiger partial charge < -0.3 is 10.0 Å². The lowest BCUT2D eigenvalue weighted by Crippen LogP contribution is -2.45. The number of carboxylic acid groups (broad SMARTS) is 1. The number of hydrogen-bond acceptors (Lipinski definition) is 2. The van der Waals surface area contributed by atoms with Gasteiger partial charge in [0, 0.05) is 6.04 Å². The number of aliphatic carboxylic acids is 1. The molecule has 2 saturated carbocycles. The molecule has 0 aliphatic heterocycles. The first-order valence-electron chi connectivity index (χ1n) is 6.39. The van der Waals surface area contributed by atoms with E-state index in [2.05, 4.69) is 0 Å². The standard InChI is InChI=1S/C12H16F3NO3/c13-12(14,15)6-16(7-4-5-7)10(17)8-2-1-3-9(8)11(18)19/h7-9H,1-6H2,(H,18,19). The van der Waals surface area contributed by atoms with Crippen LogP contribution in [0.2, 0.25) is 0 Å². The predicted molar refractivity (Wildman–Crippen MR) is 59.3 cm³/mol. The van der Waals surface area contributed by atoms with Crippen LogP contribution in [0.5, 0.6) is 0 Å². The summed E-state index contributed by atoms with van der Waals surface area (Å²) in [6.07, 6.45) is -1.96. The van der Waals surface area contributed by atoms with Crippen molar-refractivity contribution < 1.29 is 27.9 Å². The van der Waals surface area contributed by atoms with Crippen LogP contribution in [0.1, 0.15) is 32.1 Å². The highest BCUT2D eigenvalue weighted by molar-refractivity contribution is 5.85. The van der Waals surface area contributed by atoms with Gasteiger partial charge in [0.05, 0.1) is 11.8 Å². The van der Waals surface area contributed by atoms with Crippen LogP contribution in [0.15, 0.2) is 0 Å². The second kappa shape index (κ2) is 5.02. The van der Waals surface area contributed by atoms with Gasteiger partial charge in [0.15, 0.2) is 0 Å². The van der Waals surface area contributed by atoms with E-state index in [4.69, 9.17) is 5.11 Å². The van der Waals surface area contributed by atoms with Gasteiger partial charge in [0.1, 0.15) is 6.54 Å². The number of nitrogens with zero attached hydrogens (tertiary/aromatic N) is 1. The first kappa shape index (κ1) is 14.1. The summed E-state index contributed by atoms with van der Waals surface area (Å²) in [6.45, 7) is -1.26. The highest BCUT2D eigenvalue weighted by atomic mass is 19.4. The Morgan fingerprint density at radius 2 is 1.68 bits per heavy atom. The van der Waals surface area contributed by atoms with Gasteiger partial charge in [-0.15, -0.1) is 0 Å². The van der Waals surface area contributed by atoms with Crippen LogP contribution in [0.3, 0.4) is 0 Å². The lowest BCUT2D eigenvalue weighted by molar-refractivity contribution is -0.167. The molecule has 0 aromatic heterocycles. The van der Waals surface area contributed by atoms with E-state index in [0.717, 1.165) is 4.90 Å². The summed E-state index contributed by atoms with van der Waals surface area (Å²) in [5, 5.41) is 9.01. The van der Waals surface area contributed by atoms with E-state index in [1.165, 1.54) is 0 Å². The number of carboxylic acids is 1. The third kappa shape index (κ3) is 3.39. The van der Waals surface area contributed by atoms with Crippen molar-refractivity contribution in [2.75, 3.05) is 6.54 Å². The maximum absolute atomic E-state index is 12.5. The minimum Gasteiger partial charge on any atom is -0.481 e. The van der Waals surface area contributed by atoms with Crippen LogP contribution >= 0.6 is 0 Å². The number of amides is 1. The van der Waals surface area contributed by atoms with Gasteiger partial charge in [-0.05, 0) is 25.7 Å². The molecule has 2 fully saturated rings. The molecular weight excluding hydrogens is 263 g/mol. The Morgan fingerprint density at radius 1 is 1.11 bits per heavy atom. The average Bonchev–Trinajstić information content (AvgIpc) is 3.00. The first-order valence-corrected chi connectivity index (χ1v) is 6.39. The SMILES string of the molecule is O=C(O)C1CCCC1C(=O)N(CC(F)(F)F)C1CC1. The van der Waals surface area contributed by atoms with Crippen molar-refractivity contribution >= 4 is 11.9 Å². The van der Waals surface area contributed by atoms with Crippen molar-refractivity contribution in [1.82, 2.24) is 4.90 Å². The number of alkyl halides is 3. The molecule has 4 nitrogen and oxygen atoms in total. The molecule has 0 spiro atoms. The number of hydrogen-bond donors (Lipinski definition) is 1. The maximum Gasteiger partial charge on any atom is 0.406 e. The normalized spacial score (nSPS) is 27.3. The van der Waals surface area contributed by atoms with E-state index < -0.39 is 36.4 Å². The number of carbonyl (C=O) groups is 2. The fourth-order valence-electron chi connectivity index (χ4n) is 2.73. The van der Waals surface area contributed by atoms with Crippen LogP contribution in [0.4, 0.5) is 13.2 Å². The topological polar surface area (TPSA) is 57.6 Å². The van der Waals surface area contributed by atoms with Gasteiger partial charge in [-0.1, -0.05) is 6.42 Å². The molecular formula is C12H16F3NO3. The van der Waals surface area contributed by atoms with Gasteiger partial charge in [-0.25, -0.2) is 0 Å². The molecule has 0 heterocycles. The summed E-state index contributed by atoms with van der Waals surface area (Å²) in [6, 6.07) is -0.357. The third-order valence-electron chi connectivity index (χ3n) is 3.77. The summed E-state index contributed by atoms with van der Waals surface area (Å²) in [4.78, 5) is 24.0. The van der Waals surface area contributed by atoms with Gasteiger partial charge in [-0.3, -0.25) is 9.59 Å². The molecule has 0 radical (unpaired) electrons. The van der Waals surface area contributed by atoms with Crippen molar-refractivity contribution in [2.24, 2.45) is 11.8 Å². The molecule has 1 N–H and O–H groups in total. The van der Waals surface area contributed by atoms with Crippen molar-refractivity contribution in [3.8, 4) is 0 Å². The lowest BCUT2D eigenvalue weighted by Gasteiger charge is -2.28. The number of carbonyl (C=O) groups excluding carboxylic acids is 1. The third-order valence-corrected chi connectivity index (χ3v) is 3.77. The molecule has 1 amide bonds. The zero-order valence-electron chi connectivity index (χ0n) is 10.3. The van der Waals surface area contributed by atoms with Crippen LogP contribution in [-0.4, -0.2) is 40.6 Å². The minimum atomic E-state index is -4.43. The van der Waals surface area contributed by atoms with Crippen LogP contribution in [-0.2, 0) is 9.59 Å². The van der Waals surface area contributed by atoms with Gasteiger partial charge in [0.2, 0.25) is 5.91 Å². The van der Waals surface area contributed by atoms with Crippen molar-refractivity contribution in [2.45, 2.75) is 44.3 Å². The van der Waals surface area contributed by atoms with E-state index in [1.807, 2.05) is 0 Å². The van der Waals surface area contributed by atoms with E-state index in [0.29, 0.717) is 32.1 Å². The summed E-state index contributed by atoms with van der Waals surface area (Å²) in [5.74, 6) is -3.34. The molecule has 108 valence electrons. The minimum absolute atomic E-state index is 0.357. The second-order valence-corrected chi connectivity index (χ2v) is 5.29. The highest BCUT2D eigenvalue weighted by Gasteiger charge is 2.46. The molecule has 7 heteroatoms. The Morgan fingerprint density at radius 3 is 2.16 bits per heavy atom. The van der Waals surface area contributed by atoms with Crippen LogP contribution < -0.4 is 0 Å². The van der Waals surface area contributed by atoms with Crippen molar-refractivity contribution in [1.29, 1.82) is 0 Å². The summed E-state index contributed by atoms with van der Waals surface area (Å²) >= 11 is 0. The van der Waals surface area contributed by atoms with E-state index in [1.54, 1.807) is 0 Å². The molecule has 2 unspecified atom stereocenters. The molecule has 0 aromatic carbocycles. The molecule has 2 aliphatic rings. The Hall–Kier alpha value is -1.27. The van der Waals surface area contributed by atoms with Crippen molar-refractivity contribution in [3.05, 3.63) is 0 Å². The monoisotopic (exact) mass is 279 g/mol. The molecule has 2 aliphatic carbocycles. The molecule has 0 bridgehead atoms. The zero-order valence-corrected chi connectivity index (χ0v) is 10.3. The number of rotatable bonds is 4. The van der Waals surface area contributed by atoms with E-state index in [-0.39, 0.29) is 6.04 Å². The van der Waals surface area contributed by atoms with E-state index in [9.17, 15) is 22.8 Å². The molecule has 2 atom stereocenters. The fraction of sp³-hybridized carbons (Fsp3) is 0.833. The van der Waals surface area contributed by atoms with Crippen LogP contribution in [0, 0.1) is 11.8 Å². The fourth-order valence-corrected chi connectivity index (χ4v) is 2.73. The Kier molecular flexibility index (Phi) is 3.73. The summed E-state index contributed by atoms with van der Waals surface area (Å²) in [5.41, 5.74) is 0. The average molecular weight is 279 g/mol. The van der Waals surface area contributed by atoms with Crippen LogP contribution in [0.25, 0.3) is 0 Å². The maximum atomic E-state index is 12.5. The number of halogens is 3. The van der Waals surface area contributed by atoms with Gasteiger partial charge in [0.25, 0.3) is 0 Å². The molecule has 0 saturated heterocycles. The Balaban J connectivity index is 2.08. The summed E-state index contributed by atoms with van der Waals surface area (Å²) < 4.78 is 37.5.